The Morgan fingerprint density at radius 1 is 1.23 bits per heavy atom. The van der Waals surface area contributed by atoms with E-state index < -0.39 is 0 Å². The zero-order valence-corrected chi connectivity index (χ0v) is 14.0. The van der Waals surface area contributed by atoms with Gasteiger partial charge in [-0.3, -0.25) is 0 Å². The Hall–Kier alpha value is -1.16. The molecule has 0 bridgehead atoms. The lowest BCUT2D eigenvalue weighted by Gasteiger charge is -2.52. The van der Waals surface area contributed by atoms with Gasteiger partial charge in [-0.2, -0.15) is 0 Å². The van der Waals surface area contributed by atoms with E-state index in [1.54, 1.807) is 5.57 Å². The summed E-state index contributed by atoms with van der Waals surface area (Å²) in [5.74, 6) is 8.24. The predicted molar refractivity (Wildman–Crippen MR) is 89.9 cm³/mol. The van der Waals surface area contributed by atoms with Gasteiger partial charge in [-0.1, -0.05) is 13.0 Å². The lowest BCUT2D eigenvalue weighted by molar-refractivity contribution is 0.000834. The minimum absolute atomic E-state index is 0.420. The van der Waals surface area contributed by atoms with Crippen LogP contribution in [0.5, 0.6) is 0 Å². The lowest BCUT2D eigenvalue weighted by Crippen LogP contribution is -2.45. The summed E-state index contributed by atoms with van der Waals surface area (Å²) < 4.78 is 5.49. The minimum atomic E-state index is 0.420. The van der Waals surface area contributed by atoms with Crippen molar-refractivity contribution in [1.29, 1.82) is 0 Å². The van der Waals surface area contributed by atoms with E-state index in [1.165, 1.54) is 44.3 Å². The molecule has 0 spiro atoms. The van der Waals surface area contributed by atoms with E-state index in [9.17, 15) is 0 Å². The Balaban J connectivity index is 1.63. The Morgan fingerprint density at radius 3 is 2.86 bits per heavy atom. The van der Waals surface area contributed by atoms with Gasteiger partial charge in [0.1, 0.15) is 0 Å². The van der Waals surface area contributed by atoms with Crippen LogP contribution in [0.2, 0.25) is 0 Å². The van der Waals surface area contributed by atoms with Crippen molar-refractivity contribution in [2.24, 2.45) is 35.0 Å². The Labute approximate surface area is 135 Å². The Bertz CT molecular complexity index is 563. The van der Waals surface area contributed by atoms with Crippen LogP contribution in [0.25, 0.3) is 0 Å². The second-order valence-corrected chi connectivity index (χ2v) is 8.18. The van der Waals surface area contributed by atoms with Gasteiger partial charge in [-0.25, -0.2) is 0 Å². The second kappa shape index (κ2) is 5.19. The maximum atomic E-state index is 5.85. The molecule has 4 unspecified atom stereocenters. The second-order valence-electron chi connectivity index (χ2n) is 8.18. The van der Waals surface area contributed by atoms with Gasteiger partial charge in [0.15, 0.2) is 0 Å². The molecule has 22 heavy (non-hydrogen) atoms. The molecule has 0 amide bonds. The van der Waals surface area contributed by atoms with Gasteiger partial charge < -0.3 is 4.74 Å². The van der Waals surface area contributed by atoms with E-state index >= 15 is 0 Å². The monoisotopic (exact) mass is 296 g/mol. The average molecular weight is 296 g/mol. The van der Waals surface area contributed by atoms with Crippen LogP contribution in [0, 0.1) is 47.3 Å². The minimum Gasteiger partial charge on any atom is -0.501 e. The largest absolute Gasteiger partial charge is 0.501 e. The summed E-state index contributed by atoms with van der Waals surface area (Å²) in [6.07, 6.45) is 19.7. The summed E-state index contributed by atoms with van der Waals surface area (Å²) in [6, 6.07) is 0. The van der Waals surface area contributed by atoms with Crippen LogP contribution in [0.15, 0.2) is 23.5 Å². The molecule has 0 aromatic rings. The highest BCUT2D eigenvalue weighted by Gasteiger charge is 2.55. The van der Waals surface area contributed by atoms with E-state index in [-0.39, 0.29) is 0 Å². The Morgan fingerprint density at radius 2 is 2.09 bits per heavy atom. The van der Waals surface area contributed by atoms with Crippen LogP contribution in [-0.2, 0) is 4.74 Å². The molecule has 0 aromatic carbocycles. The van der Waals surface area contributed by atoms with Crippen molar-refractivity contribution in [2.75, 3.05) is 7.11 Å². The summed E-state index contributed by atoms with van der Waals surface area (Å²) >= 11 is 0. The van der Waals surface area contributed by atoms with Crippen molar-refractivity contribution in [1.82, 2.24) is 0 Å². The molecule has 0 N–H and O–H groups in total. The van der Waals surface area contributed by atoms with Crippen LogP contribution in [0.1, 0.15) is 51.9 Å². The van der Waals surface area contributed by atoms with Crippen molar-refractivity contribution in [3.63, 3.8) is 0 Å². The van der Waals surface area contributed by atoms with Crippen molar-refractivity contribution in [2.45, 2.75) is 51.9 Å². The summed E-state index contributed by atoms with van der Waals surface area (Å²) in [6.45, 7) is 2.49. The van der Waals surface area contributed by atoms with E-state index in [0.717, 1.165) is 30.1 Å². The van der Waals surface area contributed by atoms with E-state index in [4.69, 9.17) is 11.2 Å². The third-order valence-corrected chi connectivity index (χ3v) is 7.56. The average Bonchev–Trinajstić information content (AvgIpc) is 2.90. The molecule has 4 rings (SSSR count). The number of rotatable bonds is 1. The van der Waals surface area contributed by atoms with Crippen molar-refractivity contribution < 1.29 is 4.74 Å². The molecule has 6 atom stereocenters. The van der Waals surface area contributed by atoms with Crippen molar-refractivity contribution in [3.05, 3.63) is 23.5 Å². The van der Waals surface area contributed by atoms with E-state index in [1.807, 2.05) is 7.11 Å². The van der Waals surface area contributed by atoms with Gasteiger partial charge in [0, 0.05) is 12.3 Å². The standard InChI is InChI=1S/C21H28O/c1-4-15-6-10-20-19-8-5-14-13-16(22-3)7-9-17(14)18(19)11-12-21(15,20)2/h1,5,13,15,17-20H,6-12H2,2-3H3/t15-,17?,18?,19?,20?,21+/m0/s1. The third kappa shape index (κ3) is 1.92. The number of ether oxygens (including phenoxy) is 1. The van der Waals surface area contributed by atoms with Gasteiger partial charge in [0.05, 0.1) is 12.9 Å². The van der Waals surface area contributed by atoms with Gasteiger partial charge in [0.25, 0.3) is 0 Å². The predicted octanol–water partition coefficient (Wildman–Crippen LogP) is 4.95. The van der Waals surface area contributed by atoms with Crippen molar-refractivity contribution >= 4 is 0 Å². The topological polar surface area (TPSA) is 9.23 Å². The highest BCUT2D eigenvalue weighted by molar-refractivity contribution is 5.31. The first-order valence-electron chi connectivity index (χ1n) is 9.08. The molecule has 4 aliphatic carbocycles. The summed E-state index contributed by atoms with van der Waals surface area (Å²) in [5.41, 5.74) is 1.99. The maximum absolute atomic E-state index is 5.85. The molecule has 2 fully saturated rings. The summed E-state index contributed by atoms with van der Waals surface area (Å²) in [7, 11) is 1.81. The van der Waals surface area contributed by atoms with E-state index in [2.05, 4.69) is 25.0 Å². The number of fused-ring (bicyclic) bond motifs is 5. The molecule has 0 radical (unpaired) electrons. The zero-order chi connectivity index (χ0) is 15.3. The first-order valence-corrected chi connectivity index (χ1v) is 9.08. The van der Waals surface area contributed by atoms with Crippen molar-refractivity contribution in [3.8, 4) is 12.3 Å². The third-order valence-electron chi connectivity index (χ3n) is 7.56. The fourth-order valence-electron chi connectivity index (χ4n) is 6.36. The van der Waals surface area contributed by atoms with Crippen LogP contribution in [0.4, 0.5) is 0 Å². The van der Waals surface area contributed by atoms with Gasteiger partial charge in [-0.05, 0) is 79.3 Å². The summed E-state index contributed by atoms with van der Waals surface area (Å²) in [4.78, 5) is 0. The molecule has 0 aliphatic heterocycles. The van der Waals surface area contributed by atoms with Crippen LogP contribution < -0.4 is 0 Å². The lowest BCUT2D eigenvalue weighted by atomic mass is 9.52. The van der Waals surface area contributed by atoms with Gasteiger partial charge in [-0.15, -0.1) is 12.3 Å². The molecule has 0 heterocycles. The van der Waals surface area contributed by atoms with Crippen LogP contribution in [0.3, 0.4) is 0 Å². The fraction of sp³-hybridized carbons (Fsp3) is 0.714. The zero-order valence-electron chi connectivity index (χ0n) is 14.0. The highest BCUT2D eigenvalue weighted by Crippen LogP contribution is 2.62. The first kappa shape index (κ1) is 14.4. The first-order chi connectivity index (χ1) is 10.7. The van der Waals surface area contributed by atoms with Crippen LogP contribution in [-0.4, -0.2) is 7.11 Å². The number of methoxy groups -OCH3 is 1. The molecule has 0 aromatic heterocycles. The highest BCUT2D eigenvalue weighted by atomic mass is 16.5. The molecule has 0 saturated heterocycles. The van der Waals surface area contributed by atoms with Crippen LogP contribution >= 0.6 is 0 Å². The fourth-order valence-corrected chi connectivity index (χ4v) is 6.36. The van der Waals surface area contributed by atoms with Gasteiger partial charge in [0.2, 0.25) is 0 Å². The smallest absolute Gasteiger partial charge is 0.0958 e. The quantitative estimate of drug-likeness (QED) is 0.622. The molecular weight excluding hydrogens is 268 g/mol. The normalized spacial score (nSPS) is 46.5. The summed E-state index contributed by atoms with van der Waals surface area (Å²) in [5, 5.41) is 0. The number of hydrogen-bond acceptors (Lipinski definition) is 1. The molecule has 1 nitrogen and oxygen atoms in total. The molecule has 1 heteroatoms. The molecule has 118 valence electrons. The molecular formula is C21H28O. The molecule has 2 saturated carbocycles. The maximum Gasteiger partial charge on any atom is 0.0958 e. The van der Waals surface area contributed by atoms with Gasteiger partial charge >= 0.3 is 0 Å². The number of allylic oxidation sites excluding steroid dienone is 4. The Kier molecular flexibility index (Phi) is 3.40. The number of hydrogen-bond donors (Lipinski definition) is 0. The van der Waals surface area contributed by atoms with E-state index in [0.29, 0.717) is 11.3 Å². The SMILES string of the molecule is C#C[C@H]1CCC2C3CC=C4C=C(OC)CCC4C3CC[C@@]21C. The number of terminal acetylenes is 1. The molecule has 4 aliphatic rings.